The molecule has 1 atom stereocenters. The normalized spacial score (nSPS) is 22.4. The van der Waals surface area contributed by atoms with E-state index < -0.39 is 0 Å². The number of halogens is 1. The zero-order valence-electron chi connectivity index (χ0n) is 14.8. The molecule has 3 rings (SSSR count). The first-order valence-electron chi connectivity index (χ1n) is 8.84. The number of hydrogen-bond acceptors (Lipinski definition) is 3. The Hall–Kier alpha value is -1.95. The molecule has 1 spiro atoms. The molecular weight excluding hydrogens is 323 g/mol. The summed E-state index contributed by atoms with van der Waals surface area (Å²) in [6, 6.07) is 5.63. The highest BCUT2D eigenvalue weighted by Gasteiger charge is 2.51. The summed E-state index contributed by atoms with van der Waals surface area (Å²) in [5, 5.41) is 3.00. The third-order valence-electron chi connectivity index (χ3n) is 5.26. The number of carbonyl (C=O) groups excluding carboxylic acids is 2. The van der Waals surface area contributed by atoms with E-state index in [-0.39, 0.29) is 35.0 Å². The number of benzene rings is 1. The van der Waals surface area contributed by atoms with E-state index >= 15 is 0 Å². The standard InChI is InChI=1S/C19H25FN2O3/c1-13(2)21-17(23)16-11-22(12-19(16)7-9-25-10-8-19)18(24)14-3-5-15(20)6-4-14/h3-6,13,16H,7-12H2,1-2H3,(H,21,23). The molecule has 2 amide bonds. The molecule has 1 aromatic carbocycles. The van der Waals surface area contributed by atoms with Crippen LogP contribution in [0, 0.1) is 17.2 Å². The van der Waals surface area contributed by atoms with Crippen molar-refractivity contribution in [3.8, 4) is 0 Å². The smallest absolute Gasteiger partial charge is 0.253 e. The highest BCUT2D eigenvalue weighted by Crippen LogP contribution is 2.44. The Balaban J connectivity index is 1.82. The first kappa shape index (κ1) is 17.9. The van der Waals surface area contributed by atoms with E-state index in [2.05, 4.69) is 5.32 Å². The van der Waals surface area contributed by atoms with Gasteiger partial charge >= 0.3 is 0 Å². The van der Waals surface area contributed by atoms with Crippen LogP contribution in [0.5, 0.6) is 0 Å². The third-order valence-corrected chi connectivity index (χ3v) is 5.26. The fourth-order valence-corrected chi connectivity index (χ4v) is 3.93. The fourth-order valence-electron chi connectivity index (χ4n) is 3.93. The average Bonchev–Trinajstić information content (AvgIpc) is 2.94. The van der Waals surface area contributed by atoms with Gasteiger partial charge in [0.25, 0.3) is 5.91 Å². The zero-order valence-corrected chi connectivity index (χ0v) is 14.8. The Morgan fingerprint density at radius 3 is 2.48 bits per heavy atom. The van der Waals surface area contributed by atoms with E-state index in [0.717, 1.165) is 12.8 Å². The molecule has 2 aliphatic rings. The molecule has 2 heterocycles. The molecular formula is C19H25FN2O3. The van der Waals surface area contributed by atoms with Crippen molar-refractivity contribution in [1.82, 2.24) is 10.2 Å². The molecule has 25 heavy (non-hydrogen) atoms. The molecule has 2 saturated heterocycles. The van der Waals surface area contributed by atoms with Crippen LogP contribution >= 0.6 is 0 Å². The maximum absolute atomic E-state index is 13.1. The second kappa shape index (κ2) is 7.12. The number of nitrogens with zero attached hydrogens (tertiary/aromatic N) is 1. The summed E-state index contributed by atoms with van der Waals surface area (Å²) in [6.07, 6.45) is 1.55. The highest BCUT2D eigenvalue weighted by molar-refractivity contribution is 5.95. The predicted molar refractivity (Wildman–Crippen MR) is 91.6 cm³/mol. The van der Waals surface area contributed by atoms with Crippen molar-refractivity contribution in [3.63, 3.8) is 0 Å². The maximum atomic E-state index is 13.1. The molecule has 1 aromatic rings. The molecule has 5 nitrogen and oxygen atoms in total. The van der Waals surface area contributed by atoms with Crippen LogP contribution < -0.4 is 5.32 Å². The maximum Gasteiger partial charge on any atom is 0.253 e. The van der Waals surface area contributed by atoms with E-state index in [9.17, 15) is 14.0 Å². The van der Waals surface area contributed by atoms with Crippen molar-refractivity contribution >= 4 is 11.8 Å². The molecule has 6 heteroatoms. The molecule has 2 aliphatic heterocycles. The van der Waals surface area contributed by atoms with Crippen LogP contribution in [-0.2, 0) is 9.53 Å². The van der Waals surface area contributed by atoms with Crippen LogP contribution in [0.4, 0.5) is 4.39 Å². The first-order chi connectivity index (χ1) is 11.9. The van der Waals surface area contributed by atoms with Gasteiger partial charge in [-0.15, -0.1) is 0 Å². The number of likely N-dealkylation sites (tertiary alicyclic amines) is 1. The van der Waals surface area contributed by atoms with Crippen molar-refractivity contribution in [1.29, 1.82) is 0 Å². The number of carbonyl (C=O) groups is 2. The van der Waals surface area contributed by atoms with E-state index in [1.54, 1.807) is 4.90 Å². The fraction of sp³-hybridized carbons (Fsp3) is 0.579. The molecule has 1 unspecified atom stereocenters. The summed E-state index contributed by atoms with van der Waals surface area (Å²) >= 11 is 0. The lowest BCUT2D eigenvalue weighted by atomic mass is 9.71. The lowest BCUT2D eigenvalue weighted by Gasteiger charge is -2.37. The lowest BCUT2D eigenvalue weighted by Crippen LogP contribution is -2.46. The first-order valence-corrected chi connectivity index (χ1v) is 8.84. The second-order valence-electron chi connectivity index (χ2n) is 7.38. The van der Waals surface area contributed by atoms with E-state index in [1.165, 1.54) is 24.3 Å². The van der Waals surface area contributed by atoms with E-state index in [4.69, 9.17) is 4.74 Å². The topological polar surface area (TPSA) is 58.6 Å². The summed E-state index contributed by atoms with van der Waals surface area (Å²) < 4.78 is 18.6. The molecule has 0 saturated carbocycles. The quantitative estimate of drug-likeness (QED) is 0.911. The number of ether oxygens (including phenoxy) is 1. The second-order valence-corrected chi connectivity index (χ2v) is 7.38. The van der Waals surface area contributed by atoms with Crippen LogP contribution in [0.15, 0.2) is 24.3 Å². The number of hydrogen-bond donors (Lipinski definition) is 1. The summed E-state index contributed by atoms with van der Waals surface area (Å²) in [5.41, 5.74) is 0.223. The Morgan fingerprint density at radius 2 is 1.88 bits per heavy atom. The van der Waals surface area contributed by atoms with Gasteiger partial charge in [0.15, 0.2) is 0 Å². The summed E-state index contributed by atoms with van der Waals surface area (Å²) in [5.74, 6) is -0.742. The van der Waals surface area contributed by atoms with Crippen molar-refractivity contribution in [3.05, 3.63) is 35.6 Å². The molecule has 0 aliphatic carbocycles. The molecule has 0 radical (unpaired) electrons. The minimum absolute atomic E-state index is 0.00584. The molecule has 0 bridgehead atoms. The van der Waals surface area contributed by atoms with Crippen LogP contribution in [0.3, 0.4) is 0 Å². The SMILES string of the molecule is CC(C)NC(=O)C1CN(C(=O)c2ccc(F)cc2)CC12CCOCC2. The van der Waals surface area contributed by atoms with E-state index in [0.29, 0.717) is 31.9 Å². The largest absolute Gasteiger partial charge is 0.381 e. The Kier molecular flexibility index (Phi) is 5.08. The van der Waals surface area contributed by atoms with Gasteiger partial charge in [0.2, 0.25) is 5.91 Å². The van der Waals surface area contributed by atoms with Gasteiger partial charge in [-0.3, -0.25) is 9.59 Å². The zero-order chi connectivity index (χ0) is 18.0. The minimum atomic E-state index is -0.368. The number of rotatable bonds is 3. The van der Waals surface area contributed by atoms with Crippen LogP contribution in [0.1, 0.15) is 37.0 Å². The molecule has 0 aromatic heterocycles. The van der Waals surface area contributed by atoms with Gasteiger partial charge in [0.1, 0.15) is 5.82 Å². The van der Waals surface area contributed by atoms with Crippen molar-refractivity contribution < 1.29 is 18.7 Å². The Morgan fingerprint density at radius 1 is 1.24 bits per heavy atom. The van der Waals surface area contributed by atoms with Crippen LogP contribution in [0.25, 0.3) is 0 Å². The summed E-state index contributed by atoms with van der Waals surface area (Å²) in [4.78, 5) is 27.3. The van der Waals surface area contributed by atoms with Crippen molar-refractivity contribution in [2.24, 2.45) is 11.3 Å². The monoisotopic (exact) mass is 348 g/mol. The Labute approximate surface area is 147 Å². The molecule has 136 valence electrons. The highest BCUT2D eigenvalue weighted by atomic mass is 19.1. The average molecular weight is 348 g/mol. The van der Waals surface area contributed by atoms with Crippen molar-refractivity contribution in [2.45, 2.75) is 32.7 Å². The van der Waals surface area contributed by atoms with Crippen LogP contribution in [-0.4, -0.2) is 49.1 Å². The minimum Gasteiger partial charge on any atom is -0.381 e. The lowest BCUT2D eigenvalue weighted by molar-refractivity contribution is -0.130. The Bertz CT molecular complexity index is 639. The molecule has 1 N–H and O–H groups in total. The van der Waals surface area contributed by atoms with Crippen molar-refractivity contribution in [2.75, 3.05) is 26.3 Å². The number of amides is 2. The third kappa shape index (κ3) is 3.68. The van der Waals surface area contributed by atoms with Gasteiger partial charge in [-0.1, -0.05) is 0 Å². The van der Waals surface area contributed by atoms with Gasteiger partial charge in [0, 0.05) is 43.3 Å². The van der Waals surface area contributed by atoms with Gasteiger partial charge in [-0.25, -0.2) is 4.39 Å². The van der Waals surface area contributed by atoms with Gasteiger partial charge in [0.05, 0.1) is 5.92 Å². The summed E-state index contributed by atoms with van der Waals surface area (Å²) in [6.45, 7) is 6.04. The number of nitrogens with one attached hydrogen (secondary N) is 1. The summed E-state index contributed by atoms with van der Waals surface area (Å²) in [7, 11) is 0. The van der Waals surface area contributed by atoms with Gasteiger partial charge in [-0.05, 0) is 51.0 Å². The van der Waals surface area contributed by atoms with E-state index in [1.807, 2.05) is 13.8 Å². The van der Waals surface area contributed by atoms with Gasteiger partial charge < -0.3 is 15.0 Å². The van der Waals surface area contributed by atoms with Gasteiger partial charge in [-0.2, -0.15) is 0 Å². The predicted octanol–water partition coefficient (Wildman–Crippen LogP) is 2.22. The molecule has 2 fully saturated rings. The van der Waals surface area contributed by atoms with Crippen LogP contribution in [0.2, 0.25) is 0 Å².